The van der Waals surface area contributed by atoms with Crippen LogP contribution in [-0.4, -0.2) is 9.91 Å². The minimum absolute atomic E-state index is 0.363. The summed E-state index contributed by atoms with van der Waals surface area (Å²) < 4.78 is 0. The van der Waals surface area contributed by atoms with Crippen molar-refractivity contribution in [3.05, 3.63) is 32.6 Å². The van der Waals surface area contributed by atoms with Gasteiger partial charge in [-0.25, -0.2) is 4.98 Å². The minimum atomic E-state index is -0.739. The second kappa shape index (κ2) is 2.41. The van der Waals surface area contributed by atoms with E-state index in [1.165, 1.54) is 6.20 Å². The molecule has 0 spiro atoms. The fraction of sp³-hybridized carbons (Fsp3) is 0. The fourth-order valence-corrected chi connectivity index (χ4v) is 0.632. The normalized spacial score (nSPS) is 9.45. The Morgan fingerprint density at radius 3 is 2.73 bits per heavy atom. The van der Waals surface area contributed by atoms with E-state index in [-0.39, 0.29) is 5.69 Å². The Kier molecular flexibility index (Phi) is 1.59. The number of nitrogens with two attached hydrogens (primary N) is 1. The van der Waals surface area contributed by atoms with Crippen LogP contribution >= 0.6 is 0 Å². The molecule has 3 N–H and O–H groups in total. The Bertz CT molecular complexity index is 343. The van der Waals surface area contributed by atoms with Crippen LogP contribution in [0.4, 0.5) is 11.5 Å². The first-order chi connectivity index (χ1) is 5.13. The third kappa shape index (κ3) is 1.18. The van der Waals surface area contributed by atoms with Gasteiger partial charge in [0.05, 0.1) is 6.20 Å². The molecule has 0 saturated heterocycles. The van der Waals surface area contributed by atoms with Crippen molar-refractivity contribution < 1.29 is 4.92 Å². The van der Waals surface area contributed by atoms with Gasteiger partial charge in [-0.05, 0) is 4.92 Å². The summed E-state index contributed by atoms with van der Waals surface area (Å²) in [6.45, 7) is 0. The quantitative estimate of drug-likeness (QED) is 0.435. The van der Waals surface area contributed by atoms with E-state index in [2.05, 4.69) is 4.98 Å². The van der Waals surface area contributed by atoms with Gasteiger partial charge in [0.1, 0.15) is 0 Å². The van der Waals surface area contributed by atoms with Gasteiger partial charge in [0.25, 0.3) is 0 Å². The first kappa shape index (κ1) is 7.26. The molecule has 0 amide bonds. The molecule has 1 aromatic heterocycles. The maximum atomic E-state index is 10.7. The Morgan fingerprint density at radius 2 is 2.27 bits per heavy atom. The predicted molar refractivity (Wildman–Crippen MR) is 38.1 cm³/mol. The average Bonchev–Trinajstić information content (AvgIpc) is 1.94. The van der Waals surface area contributed by atoms with Gasteiger partial charge in [0, 0.05) is 6.07 Å². The van der Waals surface area contributed by atoms with Gasteiger partial charge in [0.15, 0.2) is 5.69 Å². The summed E-state index contributed by atoms with van der Waals surface area (Å²) in [6, 6.07) is 1.13. The van der Waals surface area contributed by atoms with Crippen molar-refractivity contribution in [1.82, 2.24) is 4.98 Å². The van der Waals surface area contributed by atoms with Crippen LogP contribution in [0, 0.1) is 10.1 Å². The molecule has 0 aliphatic heterocycles. The van der Waals surface area contributed by atoms with E-state index in [4.69, 9.17) is 5.73 Å². The zero-order valence-corrected chi connectivity index (χ0v) is 5.40. The van der Waals surface area contributed by atoms with Gasteiger partial charge in [-0.1, -0.05) is 0 Å². The molecular weight excluding hydrogens is 150 g/mol. The smallest absolute Gasteiger partial charge is 0.347 e. The summed E-state index contributed by atoms with van der Waals surface area (Å²) in [5.41, 5.74) is 4.19. The Morgan fingerprint density at radius 1 is 1.64 bits per heavy atom. The Hall–Kier alpha value is -1.85. The highest BCUT2D eigenvalue weighted by molar-refractivity contribution is 5.51. The molecule has 0 saturated carbocycles. The van der Waals surface area contributed by atoms with Crippen LogP contribution in [0.3, 0.4) is 0 Å². The van der Waals surface area contributed by atoms with Crippen LogP contribution in [0.5, 0.6) is 0 Å². The number of nitrogen functional groups attached to an aromatic ring is 1. The highest BCUT2D eigenvalue weighted by Gasteiger charge is 2.10. The lowest BCUT2D eigenvalue weighted by molar-refractivity contribution is -0.388. The maximum absolute atomic E-state index is 10.7. The molecule has 6 nitrogen and oxygen atoms in total. The number of H-pyrrole nitrogens is 1. The number of nitrogens with one attached hydrogen (secondary N) is 1. The number of hydrogen-bond donors (Lipinski definition) is 2. The monoisotopic (exact) mass is 155 g/mol. The number of anilines is 1. The molecule has 11 heavy (non-hydrogen) atoms. The van der Waals surface area contributed by atoms with Gasteiger partial charge in [-0.3, -0.25) is 4.79 Å². The zero-order chi connectivity index (χ0) is 8.43. The van der Waals surface area contributed by atoms with Gasteiger partial charge >= 0.3 is 5.82 Å². The predicted octanol–water partition coefficient (Wildman–Crippen LogP) is -0.135. The lowest BCUT2D eigenvalue weighted by atomic mass is 10.4. The summed E-state index contributed by atoms with van der Waals surface area (Å²) in [4.78, 5) is 22.3. The molecule has 1 rings (SSSR count). The van der Waals surface area contributed by atoms with Crippen LogP contribution in [0.15, 0.2) is 17.1 Å². The van der Waals surface area contributed by atoms with Crippen LogP contribution in [0.2, 0.25) is 0 Å². The van der Waals surface area contributed by atoms with Gasteiger partial charge in [-0.15, -0.1) is 0 Å². The number of aromatic nitrogens is 1. The van der Waals surface area contributed by atoms with Crippen molar-refractivity contribution in [2.24, 2.45) is 0 Å². The summed E-state index contributed by atoms with van der Waals surface area (Å²) >= 11 is 0. The average molecular weight is 155 g/mol. The second-order valence-electron chi connectivity index (χ2n) is 1.86. The van der Waals surface area contributed by atoms with E-state index >= 15 is 0 Å². The van der Waals surface area contributed by atoms with Crippen LogP contribution in [-0.2, 0) is 0 Å². The lowest BCUT2D eigenvalue weighted by Gasteiger charge is -1.94. The molecule has 58 valence electrons. The first-order valence-corrected chi connectivity index (χ1v) is 2.74. The van der Waals surface area contributed by atoms with Crippen LogP contribution in [0.1, 0.15) is 0 Å². The van der Waals surface area contributed by atoms with Crippen molar-refractivity contribution >= 4 is 11.5 Å². The van der Waals surface area contributed by atoms with Crippen molar-refractivity contribution in [3.63, 3.8) is 0 Å². The van der Waals surface area contributed by atoms with Crippen molar-refractivity contribution in [2.75, 3.05) is 5.73 Å². The molecular formula is C5H5N3O3. The summed E-state index contributed by atoms with van der Waals surface area (Å²) in [5, 5.41) is 10.1. The topological polar surface area (TPSA) is 102 Å². The number of pyridine rings is 1. The summed E-state index contributed by atoms with van der Waals surface area (Å²) in [7, 11) is 0. The molecule has 0 atom stereocenters. The maximum Gasteiger partial charge on any atom is 0.347 e. The third-order valence-corrected chi connectivity index (χ3v) is 1.16. The molecule has 0 unspecified atom stereocenters. The highest BCUT2D eigenvalue weighted by Crippen LogP contribution is 2.10. The standard InChI is InChI=1S/C5H5N3O3/c6-4-3(9)1-2-7-5(4)8(10)11/h1-2H,6H2,(H,7,9). The molecule has 0 radical (unpaired) electrons. The number of hydrogen-bond acceptors (Lipinski definition) is 4. The van der Waals surface area contributed by atoms with E-state index < -0.39 is 16.2 Å². The zero-order valence-electron chi connectivity index (χ0n) is 5.40. The number of nitrogens with zero attached hydrogens (tertiary/aromatic N) is 1. The summed E-state index contributed by atoms with van der Waals surface area (Å²) in [5.74, 6) is -0.461. The molecule has 6 heteroatoms. The third-order valence-electron chi connectivity index (χ3n) is 1.16. The van der Waals surface area contributed by atoms with Crippen LogP contribution < -0.4 is 11.2 Å². The van der Waals surface area contributed by atoms with E-state index in [0.29, 0.717) is 0 Å². The molecule has 0 aliphatic rings. The number of nitro groups is 1. The van der Waals surface area contributed by atoms with Gasteiger partial charge in [0.2, 0.25) is 5.43 Å². The largest absolute Gasteiger partial charge is 0.389 e. The van der Waals surface area contributed by atoms with E-state index in [1.807, 2.05) is 0 Å². The van der Waals surface area contributed by atoms with Crippen molar-refractivity contribution in [1.29, 1.82) is 0 Å². The minimum Gasteiger partial charge on any atom is -0.389 e. The van der Waals surface area contributed by atoms with Gasteiger partial charge in [-0.2, -0.15) is 0 Å². The van der Waals surface area contributed by atoms with E-state index in [9.17, 15) is 14.9 Å². The molecule has 1 heterocycles. The second-order valence-corrected chi connectivity index (χ2v) is 1.86. The van der Waals surface area contributed by atoms with Crippen LogP contribution in [0.25, 0.3) is 0 Å². The lowest BCUT2D eigenvalue weighted by Crippen LogP contribution is -2.10. The molecule has 0 aromatic carbocycles. The van der Waals surface area contributed by atoms with E-state index in [1.54, 1.807) is 0 Å². The SMILES string of the molecule is Nc1c([N+](=O)[O-])[nH]ccc1=O. The highest BCUT2D eigenvalue weighted by atomic mass is 16.6. The summed E-state index contributed by atoms with van der Waals surface area (Å²) in [6.07, 6.45) is 1.18. The van der Waals surface area contributed by atoms with Crippen molar-refractivity contribution in [2.45, 2.75) is 0 Å². The fourth-order valence-electron chi connectivity index (χ4n) is 0.632. The molecule has 0 aliphatic carbocycles. The molecule has 0 bridgehead atoms. The first-order valence-electron chi connectivity index (χ1n) is 2.74. The van der Waals surface area contributed by atoms with E-state index in [0.717, 1.165) is 6.07 Å². The van der Waals surface area contributed by atoms with Crippen molar-refractivity contribution in [3.8, 4) is 0 Å². The molecule has 0 fully saturated rings. The number of aromatic amines is 1. The Balaban J connectivity index is 3.39. The number of rotatable bonds is 1. The Labute approximate surface area is 60.8 Å². The van der Waals surface area contributed by atoms with Gasteiger partial charge < -0.3 is 15.8 Å². The molecule has 1 aromatic rings.